The highest BCUT2D eigenvalue weighted by atomic mass is 32.2. The van der Waals surface area contributed by atoms with Crippen molar-refractivity contribution in [3.8, 4) is 0 Å². The molecule has 0 amide bonds. The SMILES string of the molecule is COCc1nc(N)cc(NCCN2CCSCC2)n1. The fourth-order valence-corrected chi connectivity index (χ4v) is 2.95. The molecule has 1 aromatic heterocycles. The van der Waals surface area contributed by atoms with Crippen LogP contribution in [0.5, 0.6) is 0 Å². The summed E-state index contributed by atoms with van der Waals surface area (Å²) in [5.74, 6) is 4.32. The van der Waals surface area contributed by atoms with E-state index in [0.29, 0.717) is 18.2 Å². The van der Waals surface area contributed by atoms with E-state index in [9.17, 15) is 0 Å². The van der Waals surface area contributed by atoms with Crippen LogP contribution in [-0.4, -0.2) is 59.7 Å². The van der Waals surface area contributed by atoms with Crippen LogP contribution < -0.4 is 11.1 Å². The molecule has 3 N–H and O–H groups in total. The number of nitrogens with two attached hydrogens (primary N) is 1. The van der Waals surface area contributed by atoms with Gasteiger partial charge in [0, 0.05) is 50.9 Å². The minimum atomic E-state index is 0.378. The Morgan fingerprint density at radius 1 is 1.42 bits per heavy atom. The lowest BCUT2D eigenvalue weighted by Crippen LogP contribution is -2.36. The molecule has 2 rings (SSSR count). The summed E-state index contributed by atoms with van der Waals surface area (Å²) in [7, 11) is 1.62. The van der Waals surface area contributed by atoms with Crippen LogP contribution in [0.1, 0.15) is 5.82 Å². The van der Waals surface area contributed by atoms with Crippen LogP contribution in [0.15, 0.2) is 6.07 Å². The summed E-state index contributed by atoms with van der Waals surface area (Å²) in [6.45, 7) is 4.63. The summed E-state index contributed by atoms with van der Waals surface area (Å²) in [5.41, 5.74) is 5.74. The van der Waals surface area contributed by atoms with Crippen LogP contribution in [0.3, 0.4) is 0 Å². The van der Waals surface area contributed by atoms with E-state index in [-0.39, 0.29) is 0 Å². The van der Waals surface area contributed by atoms with Gasteiger partial charge >= 0.3 is 0 Å². The number of methoxy groups -OCH3 is 1. The molecule has 0 atom stereocenters. The summed E-state index contributed by atoms with van der Waals surface area (Å²) in [6.07, 6.45) is 0. The molecular formula is C12H21N5OS. The van der Waals surface area contributed by atoms with Crippen molar-refractivity contribution in [1.82, 2.24) is 14.9 Å². The number of thioether (sulfide) groups is 1. The van der Waals surface area contributed by atoms with Crippen molar-refractivity contribution >= 4 is 23.4 Å². The topological polar surface area (TPSA) is 76.3 Å². The number of anilines is 2. The van der Waals surface area contributed by atoms with Crippen LogP contribution in [0, 0.1) is 0 Å². The number of nitrogens with one attached hydrogen (secondary N) is 1. The van der Waals surface area contributed by atoms with E-state index in [1.54, 1.807) is 13.2 Å². The molecule has 0 aromatic carbocycles. The highest BCUT2D eigenvalue weighted by Gasteiger charge is 2.09. The molecule has 106 valence electrons. The Morgan fingerprint density at radius 2 is 2.21 bits per heavy atom. The van der Waals surface area contributed by atoms with Crippen LogP contribution in [0.25, 0.3) is 0 Å². The fraction of sp³-hybridized carbons (Fsp3) is 0.667. The molecule has 0 unspecified atom stereocenters. The van der Waals surface area contributed by atoms with E-state index in [0.717, 1.165) is 18.9 Å². The summed E-state index contributed by atoms with van der Waals surface area (Å²) in [4.78, 5) is 10.9. The average molecular weight is 283 g/mol. The zero-order valence-corrected chi connectivity index (χ0v) is 12.1. The Balaban J connectivity index is 1.81. The second kappa shape index (κ2) is 7.52. The maximum Gasteiger partial charge on any atom is 0.158 e. The van der Waals surface area contributed by atoms with Gasteiger partial charge in [-0.2, -0.15) is 11.8 Å². The van der Waals surface area contributed by atoms with E-state index < -0.39 is 0 Å². The van der Waals surface area contributed by atoms with Gasteiger partial charge in [0.15, 0.2) is 5.82 Å². The Hall–Kier alpha value is -1.05. The number of hydrogen-bond donors (Lipinski definition) is 2. The van der Waals surface area contributed by atoms with Gasteiger partial charge in [0.2, 0.25) is 0 Å². The van der Waals surface area contributed by atoms with Crippen molar-refractivity contribution < 1.29 is 4.74 Å². The van der Waals surface area contributed by atoms with Crippen molar-refractivity contribution in [3.63, 3.8) is 0 Å². The first kappa shape index (κ1) is 14.4. The van der Waals surface area contributed by atoms with Crippen molar-refractivity contribution in [3.05, 3.63) is 11.9 Å². The summed E-state index contributed by atoms with van der Waals surface area (Å²) in [6, 6.07) is 1.76. The number of rotatable bonds is 6. The van der Waals surface area contributed by atoms with E-state index in [1.165, 1.54) is 24.6 Å². The van der Waals surface area contributed by atoms with Gasteiger partial charge in [-0.3, -0.25) is 4.90 Å². The fourth-order valence-electron chi connectivity index (χ4n) is 1.97. The first-order valence-electron chi connectivity index (χ1n) is 6.44. The Morgan fingerprint density at radius 3 is 2.95 bits per heavy atom. The lowest BCUT2D eigenvalue weighted by molar-refractivity contribution is 0.178. The monoisotopic (exact) mass is 283 g/mol. The van der Waals surface area contributed by atoms with Gasteiger partial charge in [0.1, 0.15) is 18.2 Å². The summed E-state index contributed by atoms with van der Waals surface area (Å²) in [5, 5.41) is 3.30. The highest BCUT2D eigenvalue weighted by molar-refractivity contribution is 7.99. The van der Waals surface area contributed by atoms with Crippen molar-refractivity contribution in [2.75, 3.05) is 55.8 Å². The molecule has 6 nitrogen and oxygen atoms in total. The van der Waals surface area contributed by atoms with Crippen LogP contribution in [0.4, 0.5) is 11.6 Å². The van der Waals surface area contributed by atoms with Gasteiger partial charge in [0.25, 0.3) is 0 Å². The Kier molecular flexibility index (Phi) is 5.68. The Bertz CT molecular complexity index is 398. The highest BCUT2D eigenvalue weighted by Crippen LogP contribution is 2.10. The van der Waals surface area contributed by atoms with Crippen molar-refractivity contribution in [2.45, 2.75) is 6.61 Å². The molecule has 0 bridgehead atoms. The van der Waals surface area contributed by atoms with E-state index in [4.69, 9.17) is 10.5 Å². The molecule has 1 saturated heterocycles. The van der Waals surface area contributed by atoms with E-state index >= 15 is 0 Å². The minimum Gasteiger partial charge on any atom is -0.384 e. The number of nitrogens with zero attached hydrogens (tertiary/aromatic N) is 3. The number of ether oxygens (including phenoxy) is 1. The second-order valence-electron chi connectivity index (χ2n) is 4.41. The van der Waals surface area contributed by atoms with Gasteiger partial charge in [-0.15, -0.1) is 0 Å². The van der Waals surface area contributed by atoms with Crippen LogP contribution in [-0.2, 0) is 11.3 Å². The lowest BCUT2D eigenvalue weighted by atomic mass is 10.4. The Labute approximate surface area is 118 Å². The zero-order valence-electron chi connectivity index (χ0n) is 11.3. The summed E-state index contributed by atoms with van der Waals surface area (Å²) >= 11 is 2.02. The van der Waals surface area contributed by atoms with Crippen molar-refractivity contribution in [1.29, 1.82) is 0 Å². The van der Waals surface area contributed by atoms with Gasteiger partial charge in [-0.05, 0) is 0 Å². The smallest absolute Gasteiger partial charge is 0.158 e. The molecule has 0 spiro atoms. The molecule has 0 aliphatic carbocycles. The maximum atomic E-state index is 5.74. The molecule has 7 heteroatoms. The predicted molar refractivity (Wildman–Crippen MR) is 79.4 cm³/mol. The third-order valence-electron chi connectivity index (χ3n) is 2.90. The molecule has 1 aliphatic heterocycles. The predicted octanol–water partition coefficient (Wildman–Crippen LogP) is 0.666. The van der Waals surface area contributed by atoms with Gasteiger partial charge < -0.3 is 15.8 Å². The summed E-state index contributed by atoms with van der Waals surface area (Å²) < 4.78 is 5.02. The van der Waals surface area contributed by atoms with E-state index in [1.807, 2.05) is 11.8 Å². The third-order valence-corrected chi connectivity index (χ3v) is 3.85. The molecule has 2 heterocycles. The molecule has 0 radical (unpaired) electrons. The maximum absolute atomic E-state index is 5.74. The zero-order chi connectivity index (χ0) is 13.5. The molecule has 1 fully saturated rings. The molecule has 1 aliphatic rings. The molecule has 0 saturated carbocycles. The largest absolute Gasteiger partial charge is 0.384 e. The van der Waals surface area contributed by atoms with Gasteiger partial charge in [-0.25, -0.2) is 9.97 Å². The number of aromatic nitrogens is 2. The third kappa shape index (κ3) is 4.85. The molecule has 1 aromatic rings. The van der Waals surface area contributed by atoms with Gasteiger partial charge in [-0.1, -0.05) is 0 Å². The second-order valence-corrected chi connectivity index (χ2v) is 5.63. The first-order chi connectivity index (χ1) is 9.28. The van der Waals surface area contributed by atoms with Crippen LogP contribution >= 0.6 is 11.8 Å². The quantitative estimate of drug-likeness (QED) is 0.794. The number of hydrogen-bond acceptors (Lipinski definition) is 7. The first-order valence-corrected chi connectivity index (χ1v) is 7.60. The van der Waals surface area contributed by atoms with Crippen molar-refractivity contribution in [2.24, 2.45) is 0 Å². The average Bonchev–Trinajstić information content (AvgIpc) is 2.40. The van der Waals surface area contributed by atoms with Gasteiger partial charge in [0.05, 0.1) is 0 Å². The van der Waals surface area contributed by atoms with Crippen LogP contribution in [0.2, 0.25) is 0 Å². The standard InChI is InChI=1S/C12H21N5OS/c1-18-9-12-15-10(13)8-11(16-12)14-2-3-17-4-6-19-7-5-17/h8H,2-7,9H2,1H3,(H3,13,14,15,16). The molecule has 19 heavy (non-hydrogen) atoms. The van der Waals surface area contributed by atoms with E-state index in [2.05, 4.69) is 20.2 Å². The molecular weight excluding hydrogens is 262 g/mol. The lowest BCUT2D eigenvalue weighted by Gasteiger charge is -2.26. The minimum absolute atomic E-state index is 0.378. The normalized spacial score (nSPS) is 16.5. The number of nitrogen functional groups attached to an aromatic ring is 1.